The van der Waals surface area contributed by atoms with E-state index in [2.05, 4.69) is 15.7 Å². The van der Waals surface area contributed by atoms with Crippen molar-refractivity contribution in [2.45, 2.75) is 6.92 Å². The molecule has 0 bridgehead atoms. The van der Waals surface area contributed by atoms with E-state index in [0.717, 1.165) is 34.1 Å². The number of amides is 1. The highest BCUT2D eigenvalue weighted by atomic mass is 16.1. The minimum atomic E-state index is -0.763. The number of rotatable bonds is 3. The number of hydrogen-bond acceptors (Lipinski definition) is 6. The lowest BCUT2D eigenvalue weighted by atomic mass is 10.1. The molecule has 8 nitrogen and oxygen atoms in total. The second-order valence-corrected chi connectivity index (χ2v) is 7.45. The zero-order valence-electron chi connectivity index (χ0n) is 17.2. The smallest absolute Gasteiger partial charge is 0.313 e. The van der Waals surface area contributed by atoms with Crippen molar-refractivity contribution in [3.8, 4) is 11.8 Å². The summed E-state index contributed by atoms with van der Waals surface area (Å²) in [5.41, 5.74) is 7.27. The zero-order valence-corrected chi connectivity index (χ0v) is 17.2. The molecule has 0 fully saturated rings. The van der Waals surface area contributed by atoms with Crippen LogP contribution in [0.3, 0.4) is 0 Å². The highest BCUT2D eigenvalue weighted by Crippen LogP contribution is 2.29. The fraction of sp³-hybridized carbons (Fsp3) is 0.0833. The number of nitriles is 1. The van der Waals surface area contributed by atoms with Gasteiger partial charge in [-0.15, -0.1) is 0 Å². The number of aryl methyl sites for hydroxylation is 1. The lowest BCUT2D eigenvalue weighted by molar-refractivity contribution is -0.111. The third-order valence-corrected chi connectivity index (χ3v) is 5.44. The number of hydrazine groups is 1. The molecule has 32 heavy (non-hydrogen) atoms. The second-order valence-electron chi connectivity index (χ2n) is 7.45. The number of carbonyl (C=O) groups is 1. The molecule has 5 rings (SSSR count). The van der Waals surface area contributed by atoms with Crippen LogP contribution in [-0.2, 0) is 4.79 Å². The highest BCUT2D eigenvalue weighted by Gasteiger charge is 2.14. The third-order valence-electron chi connectivity index (χ3n) is 5.44. The number of aromatic nitrogens is 2. The van der Waals surface area contributed by atoms with Crippen LogP contribution >= 0.6 is 0 Å². The molecule has 2 aromatic carbocycles. The van der Waals surface area contributed by atoms with Crippen LogP contribution in [0, 0.1) is 18.3 Å². The fourth-order valence-corrected chi connectivity index (χ4v) is 3.88. The van der Waals surface area contributed by atoms with E-state index in [1.165, 1.54) is 6.07 Å². The Labute approximate surface area is 183 Å². The number of hydrogen-bond donors (Lipinski definition) is 2. The van der Waals surface area contributed by atoms with Crippen LogP contribution in [0.4, 0.5) is 11.4 Å². The number of fused-ring (bicyclic) bond motifs is 3. The van der Waals surface area contributed by atoms with E-state index in [4.69, 9.17) is 5.26 Å². The molecule has 2 N–H and O–H groups in total. The molecule has 156 valence electrons. The topological polar surface area (TPSA) is 103 Å². The summed E-state index contributed by atoms with van der Waals surface area (Å²) in [6.07, 6.45) is 5.72. The largest absolute Gasteiger partial charge is 0.326 e. The maximum absolute atomic E-state index is 13.1. The monoisotopic (exact) mass is 422 g/mol. The van der Waals surface area contributed by atoms with Gasteiger partial charge in [0, 0.05) is 41.5 Å². The van der Waals surface area contributed by atoms with E-state index in [9.17, 15) is 9.59 Å². The molecule has 0 saturated carbocycles. The van der Waals surface area contributed by atoms with E-state index in [-0.39, 0.29) is 5.56 Å². The quantitative estimate of drug-likeness (QED) is 0.388. The Hall–Kier alpha value is -4.48. The molecule has 1 amide bonds. The van der Waals surface area contributed by atoms with Crippen molar-refractivity contribution in [3.05, 3.63) is 82.9 Å². The van der Waals surface area contributed by atoms with Crippen molar-refractivity contribution >= 4 is 39.1 Å². The van der Waals surface area contributed by atoms with Gasteiger partial charge >= 0.3 is 5.91 Å². The molecule has 3 heterocycles. The molecule has 0 atom stereocenters. The van der Waals surface area contributed by atoms with E-state index in [1.807, 2.05) is 48.5 Å². The predicted molar refractivity (Wildman–Crippen MR) is 123 cm³/mol. The van der Waals surface area contributed by atoms with E-state index >= 15 is 0 Å². The lowest BCUT2D eigenvalue weighted by Crippen LogP contribution is -2.28. The average Bonchev–Trinajstić information content (AvgIpc) is 3.35. The van der Waals surface area contributed by atoms with Crippen LogP contribution in [0.25, 0.3) is 27.5 Å². The average molecular weight is 422 g/mol. The van der Waals surface area contributed by atoms with Gasteiger partial charge in [-0.3, -0.25) is 24.1 Å². The fourth-order valence-electron chi connectivity index (χ4n) is 3.88. The maximum Gasteiger partial charge on any atom is 0.326 e. The van der Waals surface area contributed by atoms with Gasteiger partial charge in [0.25, 0.3) is 5.56 Å². The number of pyridine rings is 2. The minimum Gasteiger partial charge on any atom is -0.313 e. The molecular formula is C24H18N6O2. The second kappa shape index (κ2) is 7.65. The Bertz CT molecular complexity index is 1530. The van der Waals surface area contributed by atoms with Crippen LogP contribution < -0.4 is 21.3 Å². The Morgan fingerprint density at radius 3 is 2.78 bits per heavy atom. The Balaban J connectivity index is 1.78. The summed E-state index contributed by atoms with van der Waals surface area (Å²) in [6.45, 7) is 2.57. The molecule has 0 aliphatic carbocycles. The van der Waals surface area contributed by atoms with Gasteiger partial charge in [-0.25, -0.2) is 5.43 Å². The number of benzene rings is 2. The van der Waals surface area contributed by atoms with Crippen molar-refractivity contribution in [3.63, 3.8) is 0 Å². The summed E-state index contributed by atoms with van der Waals surface area (Å²) in [6, 6.07) is 16.0. The van der Waals surface area contributed by atoms with Gasteiger partial charge in [0.1, 0.15) is 0 Å². The van der Waals surface area contributed by atoms with Crippen molar-refractivity contribution in [2.75, 3.05) is 16.9 Å². The molecule has 2 aromatic heterocycles. The summed E-state index contributed by atoms with van der Waals surface area (Å²) >= 11 is 0. The Kier molecular flexibility index (Phi) is 4.66. The summed E-state index contributed by atoms with van der Waals surface area (Å²) < 4.78 is 1.61. The van der Waals surface area contributed by atoms with Gasteiger partial charge in [-0.1, -0.05) is 12.1 Å². The minimum absolute atomic E-state index is 0.212. The molecule has 0 saturated heterocycles. The van der Waals surface area contributed by atoms with Crippen molar-refractivity contribution in [1.82, 2.24) is 15.0 Å². The standard InChI is InChI=1S/C24H18N6O2/c1-15-3-5-18(12-21(15)28-22(31)13-25)30-23(32)8-4-16-14-26-20-7-6-17(11-19(20)24(16)30)29-10-2-9-27-29/h2-8,10-12,14,27H,9H2,1H3,(H,28,31). The van der Waals surface area contributed by atoms with Gasteiger partial charge in [-0.05, 0) is 48.9 Å². The summed E-state index contributed by atoms with van der Waals surface area (Å²) in [7, 11) is 0. The normalized spacial score (nSPS) is 12.9. The van der Waals surface area contributed by atoms with Crippen LogP contribution in [0.5, 0.6) is 0 Å². The van der Waals surface area contributed by atoms with Gasteiger partial charge in [-0.2, -0.15) is 5.26 Å². The van der Waals surface area contributed by atoms with Gasteiger partial charge in [0.15, 0.2) is 6.07 Å². The van der Waals surface area contributed by atoms with E-state index in [0.29, 0.717) is 16.9 Å². The molecule has 0 radical (unpaired) electrons. The third kappa shape index (κ3) is 3.27. The number of anilines is 2. The zero-order chi connectivity index (χ0) is 22.2. The molecule has 8 heteroatoms. The molecule has 0 unspecified atom stereocenters. The van der Waals surface area contributed by atoms with Gasteiger partial charge < -0.3 is 5.32 Å². The Morgan fingerprint density at radius 2 is 2.00 bits per heavy atom. The first kappa shape index (κ1) is 19.5. The lowest BCUT2D eigenvalue weighted by Gasteiger charge is -2.18. The first-order valence-electron chi connectivity index (χ1n) is 10.0. The molecular weight excluding hydrogens is 404 g/mol. The molecule has 1 aliphatic heterocycles. The van der Waals surface area contributed by atoms with E-state index < -0.39 is 5.91 Å². The van der Waals surface area contributed by atoms with Crippen LogP contribution in [0.15, 0.2) is 71.8 Å². The van der Waals surface area contributed by atoms with Crippen molar-refractivity contribution in [1.29, 1.82) is 5.26 Å². The summed E-state index contributed by atoms with van der Waals surface area (Å²) in [5, 5.41) is 15.0. The first-order valence-corrected chi connectivity index (χ1v) is 10.0. The summed E-state index contributed by atoms with van der Waals surface area (Å²) in [5.74, 6) is -0.763. The van der Waals surface area contributed by atoms with E-state index in [1.54, 1.807) is 35.0 Å². The number of nitrogens with one attached hydrogen (secondary N) is 2. The van der Waals surface area contributed by atoms with Crippen molar-refractivity contribution in [2.24, 2.45) is 0 Å². The molecule has 4 aromatic rings. The Morgan fingerprint density at radius 1 is 1.16 bits per heavy atom. The first-order chi connectivity index (χ1) is 15.5. The van der Waals surface area contributed by atoms with Crippen LogP contribution in [0.1, 0.15) is 5.56 Å². The van der Waals surface area contributed by atoms with Crippen molar-refractivity contribution < 1.29 is 4.79 Å². The molecule has 1 aliphatic rings. The number of nitrogens with zero attached hydrogens (tertiary/aromatic N) is 4. The highest BCUT2D eigenvalue weighted by molar-refractivity contribution is 6.05. The number of carbonyl (C=O) groups excluding carboxylic acids is 1. The maximum atomic E-state index is 13.1. The summed E-state index contributed by atoms with van der Waals surface area (Å²) in [4.78, 5) is 29.3. The van der Waals surface area contributed by atoms with Gasteiger partial charge in [0.2, 0.25) is 0 Å². The predicted octanol–water partition coefficient (Wildman–Crippen LogP) is 3.15. The SMILES string of the molecule is Cc1ccc(-n2c(=O)ccc3cnc4ccc(N5C=CCN5)cc4c32)cc1NC(=O)C#N. The van der Waals surface area contributed by atoms with Crippen LogP contribution in [0.2, 0.25) is 0 Å². The molecule has 0 spiro atoms. The van der Waals surface area contributed by atoms with Crippen LogP contribution in [-0.4, -0.2) is 22.0 Å². The van der Waals surface area contributed by atoms with Gasteiger partial charge in [0.05, 0.1) is 22.4 Å².